The standard InChI is InChI=1S/C23H27F2N3O3/c1-15(2)21(27-22(29)20-18(24)4-3-5-19(20)25)23(30)26-17-8-6-16(7-9-17)14-28-10-12-31-13-11-28/h3-9,15,21H,10-14H2,1-2H3,(H,26,30)(H,27,29)/t21-/m1/s1. The minimum absolute atomic E-state index is 0.292. The van der Waals surface area contributed by atoms with Crippen LogP contribution in [0.1, 0.15) is 29.8 Å². The second kappa shape index (κ2) is 10.5. The molecule has 1 saturated heterocycles. The number of halogens is 2. The van der Waals surface area contributed by atoms with Crippen LogP contribution >= 0.6 is 0 Å². The van der Waals surface area contributed by atoms with Crippen molar-refractivity contribution in [2.45, 2.75) is 26.4 Å². The predicted molar refractivity (Wildman–Crippen MR) is 114 cm³/mol. The smallest absolute Gasteiger partial charge is 0.257 e. The fourth-order valence-corrected chi connectivity index (χ4v) is 3.39. The highest BCUT2D eigenvalue weighted by Gasteiger charge is 2.27. The first-order valence-corrected chi connectivity index (χ1v) is 10.3. The molecule has 0 aliphatic carbocycles. The molecule has 2 aromatic carbocycles. The van der Waals surface area contributed by atoms with Gasteiger partial charge in [-0.1, -0.05) is 32.0 Å². The number of ether oxygens (including phenoxy) is 1. The average Bonchev–Trinajstić information content (AvgIpc) is 2.74. The molecule has 1 fully saturated rings. The van der Waals surface area contributed by atoms with Crippen LogP contribution in [0.2, 0.25) is 0 Å². The third-order valence-electron chi connectivity index (χ3n) is 5.16. The highest BCUT2D eigenvalue weighted by atomic mass is 19.1. The lowest BCUT2D eigenvalue weighted by molar-refractivity contribution is -0.118. The number of amides is 2. The van der Waals surface area contributed by atoms with Crippen LogP contribution in [0.15, 0.2) is 42.5 Å². The lowest BCUT2D eigenvalue weighted by atomic mass is 10.0. The molecule has 0 saturated carbocycles. The Morgan fingerprint density at radius 3 is 2.23 bits per heavy atom. The molecule has 8 heteroatoms. The molecule has 166 valence electrons. The maximum atomic E-state index is 13.9. The second-order valence-corrected chi connectivity index (χ2v) is 7.87. The third kappa shape index (κ3) is 6.08. The van der Waals surface area contributed by atoms with E-state index in [0.29, 0.717) is 5.69 Å². The molecule has 2 amide bonds. The summed E-state index contributed by atoms with van der Waals surface area (Å²) in [4.78, 5) is 27.5. The number of hydrogen-bond donors (Lipinski definition) is 2. The molecule has 6 nitrogen and oxygen atoms in total. The molecule has 3 rings (SSSR count). The van der Waals surface area contributed by atoms with Gasteiger partial charge < -0.3 is 15.4 Å². The van der Waals surface area contributed by atoms with Gasteiger partial charge in [-0.15, -0.1) is 0 Å². The van der Waals surface area contributed by atoms with Crippen molar-refractivity contribution in [2.24, 2.45) is 5.92 Å². The Kier molecular flexibility index (Phi) is 7.70. The summed E-state index contributed by atoms with van der Waals surface area (Å²) in [7, 11) is 0. The Hall–Kier alpha value is -2.84. The maximum absolute atomic E-state index is 13.9. The van der Waals surface area contributed by atoms with Crippen molar-refractivity contribution in [1.29, 1.82) is 0 Å². The van der Waals surface area contributed by atoms with Gasteiger partial charge >= 0.3 is 0 Å². The highest BCUT2D eigenvalue weighted by molar-refractivity contribution is 6.01. The molecule has 0 unspecified atom stereocenters. The van der Waals surface area contributed by atoms with Gasteiger partial charge in [-0.25, -0.2) is 8.78 Å². The summed E-state index contributed by atoms with van der Waals surface area (Å²) < 4.78 is 33.1. The molecule has 2 N–H and O–H groups in total. The van der Waals surface area contributed by atoms with E-state index in [0.717, 1.165) is 50.5 Å². The molecule has 2 aromatic rings. The number of carbonyl (C=O) groups is 2. The van der Waals surface area contributed by atoms with Gasteiger partial charge in [0, 0.05) is 25.3 Å². The van der Waals surface area contributed by atoms with E-state index in [4.69, 9.17) is 4.74 Å². The molecule has 0 spiro atoms. The zero-order chi connectivity index (χ0) is 22.4. The Balaban J connectivity index is 1.63. The fraction of sp³-hybridized carbons (Fsp3) is 0.391. The van der Waals surface area contributed by atoms with Gasteiger partial charge in [-0.05, 0) is 35.7 Å². The van der Waals surface area contributed by atoms with E-state index in [2.05, 4.69) is 15.5 Å². The second-order valence-electron chi connectivity index (χ2n) is 7.87. The molecule has 1 aliphatic heterocycles. The summed E-state index contributed by atoms with van der Waals surface area (Å²) in [6.07, 6.45) is 0. The summed E-state index contributed by atoms with van der Waals surface area (Å²) in [6.45, 7) is 7.52. The van der Waals surface area contributed by atoms with Crippen molar-refractivity contribution in [3.05, 3.63) is 65.2 Å². The summed E-state index contributed by atoms with van der Waals surface area (Å²) in [6, 6.07) is 9.68. The number of nitrogens with one attached hydrogen (secondary N) is 2. The Morgan fingerprint density at radius 2 is 1.65 bits per heavy atom. The van der Waals surface area contributed by atoms with E-state index in [1.165, 1.54) is 6.07 Å². The third-order valence-corrected chi connectivity index (χ3v) is 5.16. The zero-order valence-electron chi connectivity index (χ0n) is 17.7. The normalized spacial score (nSPS) is 15.5. The van der Waals surface area contributed by atoms with E-state index in [9.17, 15) is 18.4 Å². The van der Waals surface area contributed by atoms with Gasteiger partial charge in [0.1, 0.15) is 23.2 Å². The first-order valence-electron chi connectivity index (χ1n) is 10.3. The summed E-state index contributed by atoms with van der Waals surface area (Å²) in [5.74, 6) is -3.67. The van der Waals surface area contributed by atoms with Crippen LogP contribution in [-0.4, -0.2) is 49.1 Å². The van der Waals surface area contributed by atoms with Crippen molar-refractivity contribution in [2.75, 3.05) is 31.6 Å². The van der Waals surface area contributed by atoms with Gasteiger partial charge in [0.05, 0.1) is 13.2 Å². The largest absolute Gasteiger partial charge is 0.379 e. The first-order chi connectivity index (χ1) is 14.8. The molecule has 0 radical (unpaired) electrons. The SMILES string of the molecule is CC(C)[C@@H](NC(=O)c1c(F)cccc1F)C(=O)Nc1ccc(CN2CCOCC2)cc1. The topological polar surface area (TPSA) is 70.7 Å². The van der Waals surface area contributed by atoms with Crippen LogP contribution in [0.3, 0.4) is 0 Å². The highest BCUT2D eigenvalue weighted by Crippen LogP contribution is 2.16. The van der Waals surface area contributed by atoms with Crippen LogP contribution in [-0.2, 0) is 16.1 Å². The number of carbonyl (C=O) groups excluding carboxylic acids is 2. The van der Waals surface area contributed by atoms with Crippen LogP contribution in [0.4, 0.5) is 14.5 Å². The minimum Gasteiger partial charge on any atom is -0.379 e. The summed E-state index contributed by atoms with van der Waals surface area (Å²) in [5, 5.41) is 5.22. The zero-order valence-corrected chi connectivity index (χ0v) is 17.7. The van der Waals surface area contributed by atoms with Gasteiger partial charge in [-0.3, -0.25) is 14.5 Å². The van der Waals surface area contributed by atoms with Crippen LogP contribution in [0.5, 0.6) is 0 Å². The Labute approximate surface area is 180 Å². The van der Waals surface area contributed by atoms with E-state index in [1.807, 2.05) is 12.1 Å². The van der Waals surface area contributed by atoms with Crippen LogP contribution < -0.4 is 10.6 Å². The number of morpholine rings is 1. The van der Waals surface area contributed by atoms with Gasteiger partial charge in [0.15, 0.2) is 0 Å². The number of hydrogen-bond acceptors (Lipinski definition) is 4. The average molecular weight is 431 g/mol. The lowest BCUT2D eigenvalue weighted by Crippen LogP contribution is -2.47. The van der Waals surface area contributed by atoms with E-state index >= 15 is 0 Å². The Bertz CT molecular complexity index is 893. The van der Waals surface area contributed by atoms with E-state index in [-0.39, 0.29) is 5.92 Å². The number of benzene rings is 2. The molecular formula is C23H27F2N3O3. The van der Waals surface area contributed by atoms with Crippen molar-refractivity contribution in [3.8, 4) is 0 Å². The molecule has 1 heterocycles. The monoisotopic (exact) mass is 431 g/mol. The molecule has 0 bridgehead atoms. The lowest BCUT2D eigenvalue weighted by Gasteiger charge is -2.26. The van der Waals surface area contributed by atoms with Crippen LogP contribution in [0, 0.1) is 17.6 Å². The number of rotatable bonds is 7. The molecule has 1 aliphatic rings. The van der Waals surface area contributed by atoms with Crippen molar-refractivity contribution in [3.63, 3.8) is 0 Å². The quantitative estimate of drug-likeness (QED) is 0.707. The van der Waals surface area contributed by atoms with Crippen molar-refractivity contribution < 1.29 is 23.1 Å². The Morgan fingerprint density at radius 1 is 1.03 bits per heavy atom. The van der Waals surface area contributed by atoms with Crippen LogP contribution in [0.25, 0.3) is 0 Å². The van der Waals surface area contributed by atoms with Crippen molar-refractivity contribution in [1.82, 2.24) is 10.2 Å². The summed E-state index contributed by atoms with van der Waals surface area (Å²) in [5.41, 5.74) is 0.991. The van der Waals surface area contributed by atoms with E-state index in [1.54, 1.807) is 26.0 Å². The van der Waals surface area contributed by atoms with Gasteiger partial charge in [0.25, 0.3) is 5.91 Å². The first kappa shape index (κ1) is 22.8. The molecule has 0 aromatic heterocycles. The number of anilines is 1. The fourth-order valence-electron chi connectivity index (χ4n) is 3.39. The minimum atomic E-state index is -0.976. The van der Waals surface area contributed by atoms with E-state index < -0.39 is 35.1 Å². The van der Waals surface area contributed by atoms with Gasteiger partial charge in [0.2, 0.25) is 5.91 Å². The molecular weight excluding hydrogens is 404 g/mol. The molecule has 31 heavy (non-hydrogen) atoms. The number of nitrogens with zero attached hydrogens (tertiary/aromatic N) is 1. The van der Waals surface area contributed by atoms with Gasteiger partial charge in [-0.2, -0.15) is 0 Å². The maximum Gasteiger partial charge on any atom is 0.257 e. The van der Waals surface area contributed by atoms with Crippen molar-refractivity contribution >= 4 is 17.5 Å². The predicted octanol–water partition coefficient (Wildman–Crippen LogP) is 3.19. The summed E-state index contributed by atoms with van der Waals surface area (Å²) >= 11 is 0. The molecule has 1 atom stereocenters.